The number of amides is 10. The van der Waals surface area contributed by atoms with E-state index in [1.165, 1.54) is 13.8 Å². The van der Waals surface area contributed by atoms with Crippen molar-refractivity contribution in [1.29, 1.82) is 0 Å². The summed E-state index contributed by atoms with van der Waals surface area (Å²) in [5.41, 5.74) is 18.2. The second-order valence-electron chi connectivity index (χ2n) is 19.6. The number of aliphatic hydroxyl groups is 2. The Bertz CT molecular complexity index is 2050. The zero-order chi connectivity index (χ0) is 56.9. The van der Waals surface area contributed by atoms with Gasteiger partial charge < -0.3 is 80.6 Å². The topological polar surface area (TPSA) is 410 Å². The van der Waals surface area contributed by atoms with Gasteiger partial charge in [0.1, 0.15) is 54.4 Å². The van der Waals surface area contributed by atoms with Crippen LogP contribution in [-0.2, 0) is 54.4 Å². The fraction of sp³-hybridized carbons (Fsp3) is 0.686. The second kappa shape index (κ2) is 35.1. The van der Waals surface area contributed by atoms with Crippen LogP contribution in [0.5, 0.6) is 0 Å². The van der Waals surface area contributed by atoms with Gasteiger partial charge in [0, 0.05) is 19.4 Å². The highest BCUT2D eigenvalue weighted by Gasteiger charge is 2.37. The molecule has 1 heterocycles. The van der Waals surface area contributed by atoms with Crippen molar-refractivity contribution in [1.82, 2.24) is 53.2 Å². The molecule has 0 spiro atoms. The van der Waals surface area contributed by atoms with E-state index in [-0.39, 0.29) is 70.5 Å². The fourth-order valence-electron chi connectivity index (χ4n) is 8.23. The minimum Gasteiger partial charge on any atom is -0.391 e. The van der Waals surface area contributed by atoms with Gasteiger partial charge >= 0.3 is 0 Å². The molecule has 1 saturated heterocycles. The van der Waals surface area contributed by atoms with Gasteiger partial charge in [-0.15, -0.1) is 0 Å². The lowest BCUT2D eigenvalue weighted by Gasteiger charge is -2.28. The maximum atomic E-state index is 14.4. The highest BCUT2D eigenvalue weighted by molar-refractivity contribution is 5.99. The van der Waals surface area contributed by atoms with Crippen LogP contribution in [0.2, 0.25) is 0 Å². The van der Waals surface area contributed by atoms with Crippen molar-refractivity contribution in [2.24, 2.45) is 23.1 Å². The number of unbranched alkanes of at least 4 members (excludes halogenated alkanes) is 4. The van der Waals surface area contributed by atoms with Crippen molar-refractivity contribution in [3.8, 4) is 0 Å². The molecule has 76 heavy (non-hydrogen) atoms. The van der Waals surface area contributed by atoms with Crippen molar-refractivity contribution >= 4 is 59.1 Å². The largest absolute Gasteiger partial charge is 0.391 e. The SMILES string of the molecule is CCCCCCCC(=O)N[C@H](C(=O)N[C@@H](CCN)C(=O)N[C@H]1CCNC(=O)[C@H]([C@@H](C)O)NC(=O)[C@H](CCN)NC(=O)[C@H](CC)NC(=O)[C@H](CC(C)C)NC(=O)[C@@H](Cc2ccccc2)NC(=O)[C@H](CCN)NC1=O)[C@@H](C)O. The van der Waals surface area contributed by atoms with E-state index in [1.807, 2.05) is 13.8 Å². The van der Waals surface area contributed by atoms with Gasteiger partial charge in [0.15, 0.2) is 0 Å². The first-order valence-corrected chi connectivity index (χ1v) is 26.6. The van der Waals surface area contributed by atoms with Gasteiger partial charge in [-0.1, -0.05) is 83.7 Å². The first-order valence-electron chi connectivity index (χ1n) is 26.6. The molecule has 1 aromatic carbocycles. The van der Waals surface area contributed by atoms with Gasteiger partial charge in [-0.05, 0) is 89.9 Å². The molecule has 0 unspecified atom stereocenters. The minimum absolute atomic E-state index is 0.0444. The molecule has 428 valence electrons. The van der Waals surface area contributed by atoms with Crippen molar-refractivity contribution in [2.75, 3.05) is 26.2 Å². The molecule has 1 aromatic rings. The van der Waals surface area contributed by atoms with Crippen LogP contribution in [0.4, 0.5) is 0 Å². The molecule has 0 aliphatic carbocycles. The Morgan fingerprint density at radius 2 is 1.17 bits per heavy atom. The van der Waals surface area contributed by atoms with E-state index in [0.29, 0.717) is 12.0 Å². The van der Waals surface area contributed by atoms with Gasteiger partial charge in [0.25, 0.3) is 0 Å². The third-order valence-corrected chi connectivity index (χ3v) is 12.6. The molecule has 11 atom stereocenters. The van der Waals surface area contributed by atoms with E-state index in [4.69, 9.17) is 17.2 Å². The van der Waals surface area contributed by atoms with Gasteiger partial charge in [-0.2, -0.15) is 0 Å². The van der Waals surface area contributed by atoms with Gasteiger partial charge in [0.2, 0.25) is 59.1 Å². The molecule has 0 bridgehead atoms. The van der Waals surface area contributed by atoms with Crippen LogP contribution in [0.1, 0.15) is 124 Å². The van der Waals surface area contributed by atoms with Gasteiger partial charge in [0.05, 0.1) is 12.2 Å². The van der Waals surface area contributed by atoms with Crippen LogP contribution in [0, 0.1) is 5.92 Å². The number of hydrogen-bond donors (Lipinski definition) is 15. The number of hydrogen-bond acceptors (Lipinski definition) is 15. The molecular formula is C51H87N13O12. The molecule has 1 fully saturated rings. The summed E-state index contributed by atoms with van der Waals surface area (Å²) in [6.45, 7) is 8.96. The number of nitrogens with one attached hydrogen (secondary N) is 10. The van der Waals surface area contributed by atoms with Gasteiger partial charge in [-0.3, -0.25) is 47.9 Å². The lowest BCUT2D eigenvalue weighted by Crippen LogP contribution is -2.61. The van der Waals surface area contributed by atoms with E-state index >= 15 is 0 Å². The van der Waals surface area contributed by atoms with Gasteiger partial charge in [-0.25, -0.2) is 0 Å². The normalized spacial score (nSPS) is 23.4. The minimum atomic E-state index is -1.63. The molecule has 0 saturated carbocycles. The Morgan fingerprint density at radius 3 is 1.74 bits per heavy atom. The van der Waals surface area contributed by atoms with Crippen LogP contribution in [0.15, 0.2) is 30.3 Å². The van der Waals surface area contributed by atoms with Crippen molar-refractivity contribution in [3.63, 3.8) is 0 Å². The molecule has 1 aliphatic rings. The standard InChI is InChI=1S/C51H87N13O12/c1-7-9-10-11-15-18-40(67)63-42(31(6)66)51(76)60-35(20-24-53)44(69)59-37-22-26-55-50(75)41(30(5)65)64-47(72)36(21-25-54)57-43(68)33(8-2)56-48(73)38(27-29(3)4)61-49(74)39(28-32-16-13-12-14-17-32)62-45(70)34(19-23-52)58-46(37)71/h12-14,16-17,29-31,33-39,41-42,65-66H,7-11,15,18-28,52-54H2,1-6H3,(H,55,75)(H,56,73)(H,57,68)(H,58,71)(H,59,69)(H,60,76)(H,61,74)(H,62,70)(H,63,67)(H,64,72)/t30-,31-,33+,34+,35+,36+,37+,38+,39-,41+,42+/m1/s1. The van der Waals surface area contributed by atoms with E-state index in [9.17, 15) is 58.2 Å². The molecule has 0 aromatic heterocycles. The molecule has 2 rings (SSSR count). The van der Waals surface area contributed by atoms with Crippen LogP contribution in [-0.4, -0.2) is 162 Å². The highest BCUT2D eigenvalue weighted by atomic mass is 16.3. The summed E-state index contributed by atoms with van der Waals surface area (Å²) in [6, 6.07) is -4.13. The van der Waals surface area contributed by atoms with Crippen molar-refractivity contribution in [2.45, 2.75) is 192 Å². The zero-order valence-corrected chi connectivity index (χ0v) is 45.0. The predicted octanol–water partition coefficient (Wildman–Crippen LogP) is -3.26. The molecule has 25 nitrogen and oxygen atoms in total. The number of nitrogens with two attached hydrogens (primary N) is 3. The number of benzene rings is 1. The maximum Gasteiger partial charge on any atom is 0.245 e. The Kier molecular flexibility index (Phi) is 30.4. The fourth-order valence-corrected chi connectivity index (χ4v) is 8.23. The van der Waals surface area contributed by atoms with E-state index in [1.54, 1.807) is 37.3 Å². The number of rotatable bonds is 24. The summed E-state index contributed by atoms with van der Waals surface area (Å²) in [7, 11) is 0. The first-order chi connectivity index (χ1) is 36.1. The Hall–Kier alpha value is -6.28. The smallest absolute Gasteiger partial charge is 0.245 e. The summed E-state index contributed by atoms with van der Waals surface area (Å²) in [4.78, 5) is 139. The van der Waals surface area contributed by atoms with E-state index in [2.05, 4.69) is 60.1 Å². The third kappa shape index (κ3) is 23.3. The Labute approximate surface area is 446 Å². The van der Waals surface area contributed by atoms with Crippen LogP contribution in [0.3, 0.4) is 0 Å². The summed E-state index contributed by atoms with van der Waals surface area (Å²) < 4.78 is 0. The predicted molar refractivity (Wildman–Crippen MR) is 283 cm³/mol. The highest BCUT2D eigenvalue weighted by Crippen LogP contribution is 2.12. The molecule has 10 amide bonds. The average Bonchev–Trinajstić information content (AvgIpc) is 3.36. The number of aliphatic hydroxyl groups excluding tert-OH is 2. The number of carbonyl (C=O) groups excluding carboxylic acids is 10. The van der Waals surface area contributed by atoms with Crippen LogP contribution < -0.4 is 70.4 Å². The Morgan fingerprint density at radius 1 is 0.632 bits per heavy atom. The van der Waals surface area contributed by atoms with Crippen LogP contribution in [0.25, 0.3) is 0 Å². The van der Waals surface area contributed by atoms with E-state index < -0.39 is 139 Å². The summed E-state index contributed by atoms with van der Waals surface area (Å²) >= 11 is 0. The molecule has 18 N–H and O–H groups in total. The first kappa shape index (κ1) is 65.8. The Balaban J connectivity index is 2.68. The number of carbonyl (C=O) groups is 10. The van der Waals surface area contributed by atoms with E-state index in [0.717, 1.165) is 25.7 Å². The lowest BCUT2D eigenvalue weighted by molar-refractivity contribution is -0.136. The molecule has 1 aliphatic heterocycles. The summed E-state index contributed by atoms with van der Waals surface area (Å²) in [6.07, 6.45) is 0.611. The van der Waals surface area contributed by atoms with Crippen molar-refractivity contribution in [3.05, 3.63) is 35.9 Å². The molecular weight excluding hydrogens is 987 g/mol. The summed E-state index contributed by atoms with van der Waals surface area (Å²) in [5.74, 6) is -8.56. The maximum absolute atomic E-state index is 14.4. The third-order valence-electron chi connectivity index (χ3n) is 12.6. The monoisotopic (exact) mass is 1070 g/mol. The van der Waals surface area contributed by atoms with Crippen molar-refractivity contribution < 1.29 is 58.2 Å². The quantitative estimate of drug-likeness (QED) is 0.0452. The second-order valence-corrected chi connectivity index (χ2v) is 19.6. The molecule has 0 radical (unpaired) electrons. The van der Waals surface area contributed by atoms with Crippen LogP contribution >= 0.6 is 0 Å². The summed E-state index contributed by atoms with van der Waals surface area (Å²) in [5, 5.41) is 47.0. The zero-order valence-electron chi connectivity index (χ0n) is 45.0. The average molecular weight is 1070 g/mol. The lowest BCUT2D eigenvalue weighted by atomic mass is 10.00. The molecule has 25 heteroatoms.